The van der Waals surface area contributed by atoms with Crippen LogP contribution in [0, 0.1) is 0 Å². The van der Waals surface area contributed by atoms with Crippen molar-refractivity contribution < 1.29 is 13.2 Å². The highest BCUT2D eigenvalue weighted by Gasteiger charge is 2.29. The molecule has 0 saturated heterocycles. The molecule has 0 spiro atoms. The Morgan fingerprint density at radius 1 is 1.43 bits per heavy atom. The summed E-state index contributed by atoms with van der Waals surface area (Å²) in [6.07, 6.45) is 4.31. The van der Waals surface area contributed by atoms with Crippen molar-refractivity contribution in [3.05, 3.63) is 18.0 Å². The van der Waals surface area contributed by atoms with E-state index in [1.54, 1.807) is 19.4 Å². The summed E-state index contributed by atoms with van der Waals surface area (Å²) in [5.41, 5.74) is 0.957. The zero-order valence-corrected chi connectivity index (χ0v) is 13.7. The Kier molecular flexibility index (Phi) is 5.43. The van der Waals surface area contributed by atoms with Crippen LogP contribution in [0.25, 0.3) is 0 Å². The molecule has 2 N–H and O–H groups in total. The highest BCUT2D eigenvalue weighted by atomic mass is 32.2. The summed E-state index contributed by atoms with van der Waals surface area (Å²) in [7, 11) is 0.0795. The fraction of sp³-hybridized carbons (Fsp3) is 0.714. The normalized spacial score (nSPS) is 22.8. The van der Waals surface area contributed by atoms with E-state index in [4.69, 9.17) is 4.74 Å². The molecule has 1 heterocycles. The monoisotopic (exact) mass is 315 g/mol. The molecule has 1 aromatic heterocycles. The Bertz CT molecular complexity index is 568. The van der Waals surface area contributed by atoms with Gasteiger partial charge in [0.05, 0.1) is 11.0 Å². The molecule has 6 nitrogen and oxygen atoms in total. The van der Waals surface area contributed by atoms with Crippen molar-refractivity contribution >= 4 is 10.0 Å². The van der Waals surface area contributed by atoms with Crippen molar-refractivity contribution in [3.8, 4) is 0 Å². The molecule has 21 heavy (non-hydrogen) atoms. The topological polar surface area (TPSA) is 72.4 Å². The molecule has 1 saturated carbocycles. The summed E-state index contributed by atoms with van der Waals surface area (Å²) >= 11 is 0. The minimum absolute atomic E-state index is 0.0302. The standard InChI is InChI=1S/C14H25N3O3S/c1-4-15-9-12-8-14(10-17(12)2)21(18,19)16-11-5-6-13(7-11)20-3/h8,10-11,13,15-16H,4-7,9H2,1-3H3. The van der Waals surface area contributed by atoms with Crippen LogP contribution in [0.4, 0.5) is 0 Å². The van der Waals surface area contributed by atoms with Gasteiger partial charge in [-0.2, -0.15) is 0 Å². The molecule has 0 bridgehead atoms. The lowest BCUT2D eigenvalue weighted by molar-refractivity contribution is 0.107. The Morgan fingerprint density at radius 2 is 2.19 bits per heavy atom. The summed E-state index contributed by atoms with van der Waals surface area (Å²) in [4.78, 5) is 0.332. The van der Waals surface area contributed by atoms with Crippen LogP contribution in [-0.2, 0) is 28.4 Å². The van der Waals surface area contributed by atoms with Gasteiger partial charge in [-0.15, -0.1) is 0 Å². The minimum Gasteiger partial charge on any atom is -0.381 e. The fourth-order valence-corrected chi connectivity index (χ4v) is 4.08. The average Bonchev–Trinajstić information content (AvgIpc) is 3.03. The van der Waals surface area contributed by atoms with Crippen LogP contribution in [0.1, 0.15) is 31.9 Å². The lowest BCUT2D eigenvalue weighted by atomic mass is 10.3. The average molecular weight is 315 g/mol. The van der Waals surface area contributed by atoms with E-state index < -0.39 is 10.0 Å². The molecule has 1 aliphatic rings. The number of nitrogens with one attached hydrogen (secondary N) is 2. The van der Waals surface area contributed by atoms with Crippen LogP contribution < -0.4 is 10.0 Å². The molecular formula is C14H25N3O3S. The molecule has 2 unspecified atom stereocenters. The molecule has 0 aromatic carbocycles. The second-order valence-corrected chi connectivity index (χ2v) is 7.26. The quantitative estimate of drug-likeness (QED) is 0.787. The third-order valence-corrected chi connectivity index (χ3v) is 5.48. The number of sulfonamides is 1. The van der Waals surface area contributed by atoms with Gasteiger partial charge in [-0.1, -0.05) is 6.92 Å². The van der Waals surface area contributed by atoms with Crippen LogP contribution in [-0.4, -0.2) is 38.8 Å². The molecule has 1 aromatic rings. The molecule has 120 valence electrons. The number of ether oxygens (including phenoxy) is 1. The number of hydrogen-bond acceptors (Lipinski definition) is 4. The number of aryl methyl sites for hydroxylation is 1. The van der Waals surface area contributed by atoms with E-state index in [-0.39, 0.29) is 12.1 Å². The molecule has 2 rings (SSSR count). The van der Waals surface area contributed by atoms with Crippen LogP contribution in [0.15, 0.2) is 17.2 Å². The molecule has 0 aliphatic heterocycles. The predicted octanol–water partition coefficient (Wildman–Crippen LogP) is 0.980. The first kappa shape index (κ1) is 16.5. The number of rotatable bonds is 7. The minimum atomic E-state index is -3.46. The highest BCUT2D eigenvalue weighted by molar-refractivity contribution is 7.89. The number of aromatic nitrogens is 1. The third-order valence-electron chi connectivity index (χ3n) is 3.99. The molecule has 0 amide bonds. The lowest BCUT2D eigenvalue weighted by Crippen LogP contribution is -2.33. The van der Waals surface area contributed by atoms with Crippen molar-refractivity contribution in [1.82, 2.24) is 14.6 Å². The first-order valence-electron chi connectivity index (χ1n) is 7.37. The number of methoxy groups -OCH3 is 1. The van der Waals surface area contributed by atoms with Gasteiger partial charge in [0.1, 0.15) is 0 Å². The molecule has 7 heteroatoms. The van der Waals surface area contributed by atoms with Gasteiger partial charge < -0.3 is 14.6 Å². The van der Waals surface area contributed by atoms with E-state index in [0.29, 0.717) is 11.4 Å². The lowest BCUT2D eigenvalue weighted by Gasteiger charge is -2.12. The van der Waals surface area contributed by atoms with E-state index in [1.807, 2.05) is 18.5 Å². The van der Waals surface area contributed by atoms with E-state index in [9.17, 15) is 8.42 Å². The molecule has 1 fully saturated rings. The number of hydrogen-bond donors (Lipinski definition) is 2. The van der Waals surface area contributed by atoms with Crippen molar-refractivity contribution in [2.75, 3.05) is 13.7 Å². The molecular weight excluding hydrogens is 290 g/mol. The summed E-state index contributed by atoms with van der Waals surface area (Å²) in [5.74, 6) is 0. The smallest absolute Gasteiger partial charge is 0.242 e. The highest BCUT2D eigenvalue weighted by Crippen LogP contribution is 2.23. The van der Waals surface area contributed by atoms with E-state index in [2.05, 4.69) is 10.0 Å². The maximum atomic E-state index is 12.4. The van der Waals surface area contributed by atoms with E-state index >= 15 is 0 Å². The largest absolute Gasteiger partial charge is 0.381 e. The van der Waals surface area contributed by atoms with Gasteiger partial charge in [0.2, 0.25) is 10.0 Å². The summed E-state index contributed by atoms with van der Waals surface area (Å²) in [6, 6.07) is 1.70. The van der Waals surface area contributed by atoms with Crippen molar-refractivity contribution in [2.24, 2.45) is 7.05 Å². The second kappa shape index (κ2) is 6.91. The first-order chi connectivity index (χ1) is 9.96. The Balaban J connectivity index is 2.05. The summed E-state index contributed by atoms with van der Waals surface area (Å²) in [5, 5.41) is 3.20. The Labute approximate surface area is 126 Å². The Hall–Kier alpha value is -0.890. The predicted molar refractivity (Wildman–Crippen MR) is 81.6 cm³/mol. The van der Waals surface area contributed by atoms with Crippen LogP contribution in [0.5, 0.6) is 0 Å². The first-order valence-corrected chi connectivity index (χ1v) is 8.85. The molecule has 0 radical (unpaired) electrons. The third kappa shape index (κ3) is 4.06. The maximum Gasteiger partial charge on any atom is 0.242 e. The van der Waals surface area contributed by atoms with Gasteiger partial charge in [0.15, 0.2) is 0 Å². The maximum absolute atomic E-state index is 12.4. The molecule has 1 aliphatic carbocycles. The molecule has 2 atom stereocenters. The van der Waals surface area contributed by atoms with Gasteiger partial charge in [-0.3, -0.25) is 0 Å². The summed E-state index contributed by atoms with van der Waals surface area (Å²) < 4.78 is 34.8. The van der Waals surface area contributed by atoms with Crippen LogP contribution >= 0.6 is 0 Å². The van der Waals surface area contributed by atoms with Gasteiger partial charge in [-0.05, 0) is 31.9 Å². The van der Waals surface area contributed by atoms with Crippen molar-refractivity contribution in [1.29, 1.82) is 0 Å². The zero-order valence-electron chi connectivity index (χ0n) is 12.9. The van der Waals surface area contributed by atoms with Gasteiger partial charge in [-0.25, -0.2) is 13.1 Å². The van der Waals surface area contributed by atoms with E-state index in [0.717, 1.165) is 31.5 Å². The van der Waals surface area contributed by atoms with Crippen LogP contribution in [0.3, 0.4) is 0 Å². The van der Waals surface area contributed by atoms with Crippen molar-refractivity contribution in [3.63, 3.8) is 0 Å². The summed E-state index contributed by atoms with van der Waals surface area (Å²) in [6.45, 7) is 3.54. The number of nitrogens with zero attached hydrogens (tertiary/aromatic N) is 1. The zero-order chi connectivity index (χ0) is 15.5. The fourth-order valence-electron chi connectivity index (χ4n) is 2.70. The SMILES string of the molecule is CCNCc1cc(S(=O)(=O)NC2CCC(OC)C2)cn1C. The van der Waals surface area contributed by atoms with E-state index in [1.165, 1.54) is 0 Å². The van der Waals surface area contributed by atoms with Gasteiger partial charge in [0.25, 0.3) is 0 Å². The van der Waals surface area contributed by atoms with Gasteiger partial charge >= 0.3 is 0 Å². The van der Waals surface area contributed by atoms with Crippen molar-refractivity contribution in [2.45, 2.75) is 49.8 Å². The Morgan fingerprint density at radius 3 is 2.81 bits per heavy atom. The van der Waals surface area contributed by atoms with Crippen LogP contribution in [0.2, 0.25) is 0 Å². The second-order valence-electron chi connectivity index (χ2n) is 5.55. The van der Waals surface area contributed by atoms with Gasteiger partial charge in [0, 0.05) is 38.6 Å².